The van der Waals surface area contributed by atoms with Crippen molar-refractivity contribution in [2.45, 2.75) is 32.6 Å². The molecule has 6 heteroatoms. The number of esters is 1. The van der Waals surface area contributed by atoms with Crippen LogP contribution in [-0.4, -0.2) is 43.6 Å². The zero-order valence-electron chi connectivity index (χ0n) is 14.1. The Morgan fingerprint density at radius 2 is 1.43 bits per heavy atom. The highest BCUT2D eigenvalue weighted by Crippen LogP contribution is 1.95. The van der Waals surface area contributed by atoms with Gasteiger partial charge in [0.05, 0.1) is 20.1 Å². The first-order chi connectivity index (χ1) is 11.0. The Morgan fingerprint density at radius 3 is 1.70 bits per heavy atom. The summed E-state index contributed by atoms with van der Waals surface area (Å²) in [6.45, 7) is 2.25. The van der Waals surface area contributed by atoms with Crippen LogP contribution in [0.1, 0.15) is 32.6 Å². The third-order valence-electron chi connectivity index (χ3n) is 2.43. The van der Waals surface area contributed by atoms with Crippen molar-refractivity contribution in [1.82, 2.24) is 0 Å². The van der Waals surface area contributed by atoms with E-state index in [9.17, 15) is 9.59 Å². The molecule has 0 aliphatic carbocycles. The van der Waals surface area contributed by atoms with Gasteiger partial charge in [-0.2, -0.15) is 0 Å². The number of hydrogen-bond acceptors (Lipinski definition) is 5. The molecule has 0 atom stereocenters. The van der Waals surface area contributed by atoms with Crippen LogP contribution >= 0.6 is 0 Å². The predicted octanol–water partition coefficient (Wildman–Crippen LogP) is 3.16. The van der Waals surface area contributed by atoms with Crippen molar-refractivity contribution in [2.75, 3.05) is 20.8 Å². The maximum atomic E-state index is 10.0. The van der Waals surface area contributed by atoms with Gasteiger partial charge in [0.2, 0.25) is 0 Å². The molecule has 0 radical (unpaired) electrons. The Morgan fingerprint density at radius 1 is 0.957 bits per heavy atom. The molecule has 130 valence electrons. The second-order valence-corrected chi connectivity index (χ2v) is 4.32. The average molecular weight is 325 g/mol. The lowest BCUT2D eigenvalue weighted by molar-refractivity contribution is -0.140. The lowest BCUT2D eigenvalue weighted by Gasteiger charge is -1.99. The molecule has 0 saturated carbocycles. The number of ether oxygens (including phenoxy) is 2. The van der Waals surface area contributed by atoms with Crippen molar-refractivity contribution in [3.05, 3.63) is 36.4 Å². The number of carbonyl (C=O) groups excluding carboxylic acids is 1. The van der Waals surface area contributed by atoms with Crippen LogP contribution in [0.25, 0.3) is 0 Å². The lowest BCUT2D eigenvalue weighted by Crippen LogP contribution is -2.04. The number of hydrogen-bond donors (Lipinski definition) is 2. The molecule has 0 unspecified atom stereocenters. The van der Waals surface area contributed by atoms with Gasteiger partial charge in [-0.25, -0.2) is 0 Å². The molecular formula is C17H27NO5. The van der Waals surface area contributed by atoms with E-state index in [1.165, 1.54) is 7.11 Å². The van der Waals surface area contributed by atoms with Crippen molar-refractivity contribution in [3.63, 3.8) is 0 Å². The molecule has 0 aliphatic rings. The van der Waals surface area contributed by atoms with E-state index in [0.29, 0.717) is 31.6 Å². The van der Waals surface area contributed by atoms with Gasteiger partial charge in [0.25, 0.3) is 0 Å². The van der Waals surface area contributed by atoms with E-state index < -0.39 is 5.97 Å². The van der Waals surface area contributed by atoms with Gasteiger partial charge >= 0.3 is 11.9 Å². The van der Waals surface area contributed by atoms with Crippen LogP contribution < -0.4 is 0 Å². The molecule has 0 heterocycles. The quantitative estimate of drug-likeness (QED) is 0.593. The fraction of sp³-hybridized carbons (Fsp3) is 0.471. The summed E-state index contributed by atoms with van der Waals surface area (Å²) in [4.78, 5) is 20.0. The Labute approximate surface area is 137 Å². The fourth-order valence-electron chi connectivity index (χ4n) is 1.14. The molecule has 2 N–H and O–H groups in total. The number of benzene rings is 1. The molecule has 1 aromatic carbocycles. The highest BCUT2D eigenvalue weighted by Gasteiger charge is 2.00. The number of rotatable bonds is 7. The molecule has 0 aliphatic heterocycles. The van der Waals surface area contributed by atoms with E-state index in [4.69, 9.17) is 15.3 Å². The number of carboxylic acid groups (broad SMARTS) is 1. The van der Waals surface area contributed by atoms with Gasteiger partial charge in [-0.1, -0.05) is 43.3 Å². The first-order valence-electron chi connectivity index (χ1n) is 7.31. The Balaban J connectivity index is 0. The Hall–Kier alpha value is -2.21. The van der Waals surface area contributed by atoms with E-state index in [-0.39, 0.29) is 12.4 Å². The van der Waals surface area contributed by atoms with Crippen LogP contribution in [0.3, 0.4) is 0 Å². The van der Waals surface area contributed by atoms with E-state index >= 15 is 0 Å². The SMILES string of the molecule is CCC(=O)OC.COCCC(=N)CCC(=O)O.c1ccccc1. The third kappa shape index (κ3) is 22.2. The molecule has 0 fully saturated rings. The normalized spacial score (nSPS) is 8.65. The zero-order valence-corrected chi connectivity index (χ0v) is 14.1. The largest absolute Gasteiger partial charge is 0.481 e. The molecule has 23 heavy (non-hydrogen) atoms. The number of aliphatic carboxylic acids is 1. The summed E-state index contributed by atoms with van der Waals surface area (Å²) in [5, 5.41) is 15.5. The summed E-state index contributed by atoms with van der Waals surface area (Å²) in [5.74, 6) is -1.01. The number of carboxylic acids is 1. The van der Waals surface area contributed by atoms with E-state index in [1.807, 2.05) is 36.4 Å². The molecule has 0 saturated heterocycles. The molecule has 1 rings (SSSR count). The molecule has 1 aromatic rings. The minimum absolute atomic E-state index is 0.0442. The molecule has 0 aromatic heterocycles. The number of methoxy groups -OCH3 is 2. The van der Waals surface area contributed by atoms with Crippen molar-refractivity contribution < 1.29 is 24.2 Å². The van der Waals surface area contributed by atoms with Gasteiger partial charge in [0, 0.05) is 25.7 Å². The minimum atomic E-state index is -0.854. The second kappa shape index (κ2) is 17.8. The van der Waals surface area contributed by atoms with E-state index in [0.717, 1.165) is 0 Å². The summed E-state index contributed by atoms with van der Waals surface area (Å²) in [5.41, 5.74) is 0.439. The monoisotopic (exact) mass is 325 g/mol. The average Bonchev–Trinajstić information content (AvgIpc) is 2.60. The van der Waals surface area contributed by atoms with Crippen molar-refractivity contribution in [3.8, 4) is 0 Å². The second-order valence-electron chi connectivity index (χ2n) is 4.32. The molecular weight excluding hydrogens is 298 g/mol. The van der Waals surface area contributed by atoms with Crippen LogP contribution in [0, 0.1) is 5.41 Å². The minimum Gasteiger partial charge on any atom is -0.481 e. The fourth-order valence-corrected chi connectivity index (χ4v) is 1.14. The van der Waals surface area contributed by atoms with Crippen LogP contribution in [-0.2, 0) is 19.1 Å². The van der Waals surface area contributed by atoms with Gasteiger partial charge in [0.1, 0.15) is 0 Å². The van der Waals surface area contributed by atoms with Gasteiger partial charge in [0.15, 0.2) is 0 Å². The number of nitrogens with one attached hydrogen (secondary N) is 1. The topological polar surface area (TPSA) is 96.7 Å². The van der Waals surface area contributed by atoms with Crippen molar-refractivity contribution >= 4 is 17.7 Å². The van der Waals surface area contributed by atoms with Crippen LogP contribution in [0.2, 0.25) is 0 Å². The summed E-state index contributed by atoms with van der Waals surface area (Å²) < 4.78 is 8.99. The third-order valence-corrected chi connectivity index (χ3v) is 2.43. The smallest absolute Gasteiger partial charge is 0.305 e. The predicted molar refractivity (Wildman–Crippen MR) is 89.8 cm³/mol. The maximum absolute atomic E-state index is 10.0. The maximum Gasteiger partial charge on any atom is 0.305 e. The molecule has 0 amide bonds. The van der Waals surface area contributed by atoms with E-state index in [2.05, 4.69) is 4.74 Å². The van der Waals surface area contributed by atoms with Gasteiger partial charge in [-0.15, -0.1) is 0 Å². The molecule has 6 nitrogen and oxygen atoms in total. The van der Waals surface area contributed by atoms with Gasteiger partial charge in [-0.05, 0) is 6.42 Å². The van der Waals surface area contributed by atoms with Crippen molar-refractivity contribution in [2.24, 2.45) is 0 Å². The summed E-state index contributed by atoms with van der Waals surface area (Å²) >= 11 is 0. The first kappa shape index (κ1) is 23.1. The standard InChI is InChI=1S/C7H13NO3.C6H6.C4H8O2/c1-11-5-4-6(8)2-3-7(9)10;1-2-4-6-5-3-1;1-3-4(5)6-2/h8H,2-5H2,1H3,(H,9,10);1-6H;3H2,1-2H3. The van der Waals surface area contributed by atoms with E-state index in [1.54, 1.807) is 14.0 Å². The van der Waals surface area contributed by atoms with Crippen LogP contribution in [0.5, 0.6) is 0 Å². The molecule has 0 spiro atoms. The van der Waals surface area contributed by atoms with Gasteiger partial charge < -0.3 is 20.0 Å². The summed E-state index contributed by atoms with van der Waals surface area (Å²) in [6, 6.07) is 12.0. The highest BCUT2D eigenvalue weighted by molar-refractivity contribution is 5.84. The Bertz CT molecular complexity index is 388. The highest BCUT2D eigenvalue weighted by atomic mass is 16.5. The summed E-state index contributed by atoms with van der Waals surface area (Å²) in [7, 11) is 2.94. The van der Waals surface area contributed by atoms with Crippen LogP contribution in [0.4, 0.5) is 0 Å². The zero-order chi connectivity index (χ0) is 17.9. The van der Waals surface area contributed by atoms with Crippen molar-refractivity contribution in [1.29, 1.82) is 5.41 Å². The lowest BCUT2D eigenvalue weighted by atomic mass is 10.1. The first-order valence-corrected chi connectivity index (χ1v) is 7.31. The van der Waals surface area contributed by atoms with Gasteiger partial charge in [-0.3, -0.25) is 9.59 Å². The van der Waals surface area contributed by atoms with Crippen LogP contribution in [0.15, 0.2) is 36.4 Å². The molecule has 0 bridgehead atoms. The number of carbonyl (C=O) groups is 2. The summed E-state index contributed by atoms with van der Waals surface area (Å²) in [6.07, 6.45) is 1.38. The Kier molecular flexibility index (Phi) is 17.9.